The van der Waals surface area contributed by atoms with Crippen LogP contribution in [0.2, 0.25) is 0 Å². The molecule has 0 bridgehead atoms. The summed E-state index contributed by atoms with van der Waals surface area (Å²) in [5.74, 6) is 1.20. The number of nitrogens with zero attached hydrogens (tertiary/aromatic N) is 5. The van der Waals surface area contributed by atoms with E-state index in [-0.39, 0.29) is 5.92 Å². The lowest BCUT2D eigenvalue weighted by atomic mass is 9.96. The van der Waals surface area contributed by atoms with Crippen LogP contribution >= 0.6 is 0 Å². The molecule has 6 heteroatoms. The largest absolute Gasteiger partial charge is 0.354 e. The van der Waals surface area contributed by atoms with Gasteiger partial charge >= 0.3 is 0 Å². The first-order valence-corrected chi connectivity index (χ1v) is 12.4. The third-order valence-electron chi connectivity index (χ3n) is 7.10. The lowest BCUT2D eigenvalue weighted by molar-refractivity contribution is -0.137. The lowest BCUT2D eigenvalue weighted by Crippen LogP contribution is -2.52. The van der Waals surface area contributed by atoms with Crippen molar-refractivity contribution in [2.24, 2.45) is 5.92 Å². The summed E-state index contributed by atoms with van der Waals surface area (Å²) >= 11 is 0. The molecule has 1 aromatic heterocycles. The van der Waals surface area contributed by atoms with Gasteiger partial charge in [0.2, 0.25) is 5.91 Å². The molecule has 1 amide bonds. The fraction of sp³-hybridized carbons (Fsp3) is 0.393. The van der Waals surface area contributed by atoms with Crippen molar-refractivity contribution >= 4 is 11.7 Å². The Morgan fingerprint density at radius 3 is 2.38 bits per heavy atom. The fourth-order valence-corrected chi connectivity index (χ4v) is 5.11. The molecule has 0 N–H and O–H groups in total. The van der Waals surface area contributed by atoms with Gasteiger partial charge in [0.1, 0.15) is 0 Å². The predicted molar refractivity (Wildman–Crippen MR) is 135 cm³/mol. The summed E-state index contributed by atoms with van der Waals surface area (Å²) in [6.07, 6.45) is 1.96. The molecule has 3 heterocycles. The number of hydrogen-bond acceptors (Lipinski definition) is 5. The predicted octanol–water partition coefficient (Wildman–Crippen LogP) is 4.01. The van der Waals surface area contributed by atoms with Gasteiger partial charge in [-0.1, -0.05) is 54.6 Å². The average Bonchev–Trinajstić information content (AvgIpc) is 2.90. The number of amides is 1. The van der Waals surface area contributed by atoms with E-state index in [0.717, 1.165) is 75.7 Å². The normalized spacial score (nSPS) is 19.3. The highest BCUT2D eigenvalue weighted by Crippen LogP contribution is 2.26. The molecule has 176 valence electrons. The van der Waals surface area contributed by atoms with Crippen molar-refractivity contribution in [2.75, 3.05) is 44.2 Å². The Kier molecular flexibility index (Phi) is 6.86. The molecule has 1 unspecified atom stereocenters. The van der Waals surface area contributed by atoms with Gasteiger partial charge in [0.05, 0.1) is 11.6 Å². The van der Waals surface area contributed by atoms with Gasteiger partial charge in [-0.3, -0.25) is 9.69 Å². The Hall–Kier alpha value is -3.25. The van der Waals surface area contributed by atoms with E-state index < -0.39 is 0 Å². The zero-order valence-electron chi connectivity index (χ0n) is 19.9. The van der Waals surface area contributed by atoms with Gasteiger partial charge in [-0.2, -0.15) is 0 Å². The van der Waals surface area contributed by atoms with Crippen LogP contribution in [0.3, 0.4) is 0 Å². The molecule has 2 aromatic carbocycles. The van der Waals surface area contributed by atoms with Crippen LogP contribution in [0, 0.1) is 12.8 Å². The zero-order chi connectivity index (χ0) is 23.3. The van der Waals surface area contributed by atoms with Crippen LogP contribution in [-0.2, 0) is 11.3 Å². The summed E-state index contributed by atoms with van der Waals surface area (Å²) in [5.41, 5.74) is 4.52. The number of rotatable bonds is 5. The number of hydrogen-bond donors (Lipinski definition) is 0. The van der Waals surface area contributed by atoms with Gasteiger partial charge in [-0.15, -0.1) is 10.2 Å². The lowest BCUT2D eigenvalue weighted by Gasteiger charge is -2.39. The third kappa shape index (κ3) is 5.12. The SMILES string of the molecule is Cc1ccccc1-c1ccc(N2CCCC(C(=O)N3CCN(Cc4ccccc4)CC3)C2)nn1. The maximum absolute atomic E-state index is 13.3. The second-order valence-electron chi connectivity index (χ2n) is 9.46. The molecule has 2 aliphatic rings. The van der Waals surface area contributed by atoms with Crippen LogP contribution in [0.25, 0.3) is 11.3 Å². The Bertz CT molecular complexity index is 1090. The first-order valence-electron chi connectivity index (χ1n) is 12.4. The van der Waals surface area contributed by atoms with Crippen LogP contribution in [0.15, 0.2) is 66.7 Å². The van der Waals surface area contributed by atoms with Crippen LogP contribution in [-0.4, -0.2) is 65.2 Å². The van der Waals surface area contributed by atoms with Crippen molar-refractivity contribution in [2.45, 2.75) is 26.3 Å². The average molecular weight is 456 g/mol. The van der Waals surface area contributed by atoms with Crippen molar-refractivity contribution in [3.63, 3.8) is 0 Å². The molecule has 2 fully saturated rings. The van der Waals surface area contributed by atoms with Gasteiger partial charge in [0, 0.05) is 51.4 Å². The minimum absolute atomic E-state index is 0.0345. The smallest absolute Gasteiger partial charge is 0.227 e. The van der Waals surface area contributed by atoms with Gasteiger partial charge in [0.15, 0.2) is 5.82 Å². The van der Waals surface area contributed by atoms with Gasteiger partial charge in [-0.05, 0) is 43.0 Å². The second-order valence-corrected chi connectivity index (χ2v) is 9.46. The highest BCUT2D eigenvalue weighted by Gasteiger charge is 2.31. The highest BCUT2D eigenvalue weighted by atomic mass is 16.2. The van der Waals surface area contributed by atoms with Crippen molar-refractivity contribution in [1.82, 2.24) is 20.0 Å². The zero-order valence-corrected chi connectivity index (χ0v) is 19.9. The standard InChI is InChI=1S/C28H33N5O/c1-22-8-5-6-12-25(22)26-13-14-27(30-29-26)33-15-7-11-24(21-33)28(34)32-18-16-31(17-19-32)20-23-9-3-2-4-10-23/h2-6,8-10,12-14,24H,7,11,15-21H2,1H3. The molecule has 3 aromatic rings. The number of aromatic nitrogens is 2. The quantitative estimate of drug-likeness (QED) is 0.582. The summed E-state index contributed by atoms with van der Waals surface area (Å²) in [6, 6.07) is 22.9. The molecule has 2 aliphatic heterocycles. The molecular formula is C28H33N5O. The number of aryl methyl sites for hydroxylation is 1. The molecule has 0 spiro atoms. The number of piperidine rings is 1. The topological polar surface area (TPSA) is 52.6 Å². The van der Waals surface area contributed by atoms with Crippen LogP contribution < -0.4 is 4.90 Å². The van der Waals surface area contributed by atoms with E-state index in [2.05, 4.69) is 74.3 Å². The van der Waals surface area contributed by atoms with Crippen LogP contribution in [0.1, 0.15) is 24.0 Å². The number of carbonyl (C=O) groups excluding carboxylic acids is 1. The van der Waals surface area contributed by atoms with E-state index in [1.165, 1.54) is 11.1 Å². The maximum atomic E-state index is 13.3. The summed E-state index contributed by atoms with van der Waals surface area (Å²) in [4.78, 5) is 20.1. The number of carbonyl (C=O) groups is 1. The minimum Gasteiger partial charge on any atom is -0.354 e. The Balaban J connectivity index is 1.17. The summed E-state index contributed by atoms with van der Waals surface area (Å²) in [6.45, 7) is 8.19. The van der Waals surface area contributed by atoms with E-state index >= 15 is 0 Å². The van der Waals surface area contributed by atoms with Gasteiger partial charge < -0.3 is 9.80 Å². The number of anilines is 1. The first kappa shape index (κ1) is 22.5. The summed E-state index contributed by atoms with van der Waals surface area (Å²) in [5, 5.41) is 9.02. The van der Waals surface area contributed by atoms with Crippen molar-refractivity contribution in [3.05, 3.63) is 77.9 Å². The number of benzene rings is 2. The van der Waals surface area contributed by atoms with Crippen molar-refractivity contribution < 1.29 is 4.79 Å². The maximum Gasteiger partial charge on any atom is 0.227 e. The molecular weight excluding hydrogens is 422 g/mol. The van der Waals surface area contributed by atoms with E-state index in [1.54, 1.807) is 0 Å². The molecule has 5 rings (SSSR count). The first-order chi connectivity index (χ1) is 16.7. The van der Waals surface area contributed by atoms with Crippen LogP contribution in [0.4, 0.5) is 5.82 Å². The van der Waals surface area contributed by atoms with E-state index in [0.29, 0.717) is 5.91 Å². The molecule has 6 nitrogen and oxygen atoms in total. The van der Waals surface area contributed by atoms with Crippen molar-refractivity contribution in [1.29, 1.82) is 0 Å². The summed E-state index contributed by atoms with van der Waals surface area (Å²) in [7, 11) is 0. The van der Waals surface area contributed by atoms with E-state index in [1.807, 2.05) is 24.3 Å². The summed E-state index contributed by atoms with van der Waals surface area (Å²) < 4.78 is 0. The Morgan fingerprint density at radius 2 is 1.65 bits per heavy atom. The minimum atomic E-state index is 0.0345. The van der Waals surface area contributed by atoms with Gasteiger partial charge in [0.25, 0.3) is 0 Å². The second kappa shape index (κ2) is 10.3. The fourth-order valence-electron chi connectivity index (χ4n) is 5.11. The molecule has 1 atom stereocenters. The van der Waals surface area contributed by atoms with E-state index in [4.69, 9.17) is 0 Å². The molecule has 34 heavy (non-hydrogen) atoms. The van der Waals surface area contributed by atoms with E-state index in [9.17, 15) is 4.79 Å². The highest BCUT2D eigenvalue weighted by molar-refractivity contribution is 5.80. The van der Waals surface area contributed by atoms with Crippen LogP contribution in [0.5, 0.6) is 0 Å². The number of piperazine rings is 1. The Labute approximate surface area is 202 Å². The molecule has 2 saturated heterocycles. The molecule has 0 aliphatic carbocycles. The van der Waals surface area contributed by atoms with Gasteiger partial charge in [-0.25, -0.2) is 0 Å². The molecule has 0 saturated carbocycles. The van der Waals surface area contributed by atoms with Crippen molar-refractivity contribution in [3.8, 4) is 11.3 Å². The third-order valence-corrected chi connectivity index (χ3v) is 7.10. The monoisotopic (exact) mass is 455 g/mol. The molecule has 0 radical (unpaired) electrons. The Morgan fingerprint density at radius 1 is 0.882 bits per heavy atom.